The lowest BCUT2D eigenvalue weighted by Gasteiger charge is -2.38. The summed E-state index contributed by atoms with van der Waals surface area (Å²) in [6.45, 7) is 7.72. The second-order valence-corrected chi connectivity index (χ2v) is 5.38. The molecule has 2 N–H and O–H groups in total. The number of hydrogen-bond donors (Lipinski definition) is 1. The zero-order valence-electron chi connectivity index (χ0n) is 11.4. The van der Waals surface area contributed by atoms with Gasteiger partial charge in [-0.05, 0) is 37.6 Å². The lowest BCUT2D eigenvalue weighted by Crippen LogP contribution is -2.47. The molecule has 0 saturated carbocycles. The molecule has 2 rings (SSSR count). The van der Waals surface area contributed by atoms with Gasteiger partial charge in [0.15, 0.2) is 0 Å². The van der Waals surface area contributed by atoms with Crippen LogP contribution in [0.4, 0.5) is 5.69 Å². The quantitative estimate of drug-likeness (QED) is 0.832. The summed E-state index contributed by atoms with van der Waals surface area (Å²) in [5.41, 5.74) is 7.88. The summed E-state index contributed by atoms with van der Waals surface area (Å²) in [6.07, 6.45) is 0. The molecule has 1 aliphatic rings. The number of ether oxygens (including phenoxy) is 2. The van der Waals surface area contributed by atoms with E-state index in [1.54, 1.807) is 7.11 Å². The van der Waals surface area contributed by atoms with Gasteiger partial charge in [-0.2, -0.15) is 0 Å². The maximum absolute atomic E-state index is 6.02. The maximum atomic E-state index is 6.02. The molecule has 4 heteroatoms. The lowest BCUT2D eigenvalue weighted by molar-refractivity contribution is -0.0882. The zero-order chi connectivity index (χ0) is 13.2. The van der Waals surface area contributed by atoms with Gasteiger partial charge in [0.25, 0.3) is 0 Å². The van der Waals surface area contributed by atoms with Crippen molar-refractivity contribution in [3.05, 3.63) is 23.8 Å². The fraction of sp³-hybridized carbons (Fsp3) is 0.571. The molecule has 0 bridgehead atoms. The highest BCUT2D eigenvalue weighted by Gasteiger charge is 2.27. The van der Waals surface area contributed by atoms with Crippen molar-refractivity contribution >= 4 is 5.69 Å². The number of hydrogen-bond acceptors (Lipinski definition) is 4. The van der Waals surface area contributed by atoms with E-state index in [0.29, 0.717) is 0 Å². The van der Waals surface area contributed by atoms with Crippen LogP contribution in [-0.2, 0) is 11.3 Å². The van der Waals surface area contributed by atoms with Crippen LogP contribution in [0, 0.1) is 0 Å². The molecule has 4 nitrogen and oxygen atoms in total. The van der Waals surface area contributed by atoms with Gasteiger partial charge in [0.05, 0.1) is 19.3 Å². The summed E-state index contributed by atoms with van der Waals surface area (Å²) in [5.74, 6) is 0.853. The molecule has 0 amide bonds. The van der Waals surface area contributed by atoms with Gasteiger partial charge >= 0.3 is 0 Å². The molecule has 1 fully saturated rings. The number of nitrogens with zero attached hydrogens (tertiary/aromatic N) is 1. The number of methoxy groups -OCH3 is 1. The average Bonchev–Trinajstić information content (AvgIpc) is 2.31. The smallest absolute Gasteiger partial charge is 0.119 e. The van der Waals surface area contributed by atoms with Gasteiger partial charge in [-0.15, -0.1) is 0 Å². The Hall–Kier alpha value is -1.26. The highest BCUT2D eigenvalue weighted by atomic mass is 16.5. The first-order valence-corrected chi connectivity index (χ1v) is 6.29. The molecule has 1 heterocycles. The fourth-order valence-corrected chi connectivity index (χ4v) is 2.34. The van der Waals surface area contributed by atoms with Crippen LogP contribution >= 0.6 is 0 Å². The van der Waals surface area contributed by atoms with E-state index in [1.165, 1.54) is 0 Å². The molecular weight excluding hydrogens is 228 g/mol. The van der Waals surface area contributed by atoms with Crippen LogP contribution in [0.2, 0.25) is 0 Å². The summed E-state index contributed by atoms with van der Waals surface area (Å²) in [7, 11) is 1.67. The van der Waals surface area contributed by atoms with Gasteiger partial charge in [-0.3, -0.25) is 4.90 Å². The molecule has 1 aliphatic heterocycles. The van der Waals surface area contributed by atoms with E-state index < -0.39 is 0 Å². The number of morpholine rings is 1. The standard InChI is InChI=1S/C14H22N2O2/c1-14(2)10-16(6-7-18-14)9-11-8-12(17-3)4-5-13(11)15/h4-5,8H,6-7,9-10,15H2,1-3H3. The van der Waals surface area contributed by atoms with Gasteiger partial charge in [0.2, 0.25) is 0 Å². The Morgan fingerprint density at radius 2 is 2.22 bits per heavy atom. The molecular formula is C14H22N2O2. The Kier molecular flexibility index (Phi) is 3.78. The molecule has 100 valence electrons. The summed E-state index contributed by atoms with van der Waals surface area (Å²) in [4.78, 5) is 2.37. The predicted molar refractivity (Wildman–Crippen MR) is 72.7 cm³/mol. The molecule has 0 unspecified atom stereocenters. The zero-order valence-corrected chi connectivity index (χ0v) is 11.4. The van der Waals surface area contributed by atoms with Crippen molar-refractivity contribution in [1.29, 1.82) is 0 Å². The summed E-state index contributed by atoms with van der Waals surface area (Å²) < 4.78 is 11.0. The van der Waals surface area contributed by atoms with Crippen LogP contribution in [0.3, 0.4) is 0 Å². The fourth-order valence-electron chi connectivity index (χ4n) is 2.34. The number of nitrogens with two attached hydrogens (primary N) is 1. The molecule has 0 aromatic heterocycles. The van der Waals surface area contributed by atoms with Crippen LogP contribution in [0.1, 0.15) is 19.4 Å². The van der Waals surface area contributed by atoms with Crippen molar-refractivity contribution in [2.75, 3.05) is 32.5 Å². The third-order valence-electron chi connectivity index (χ3n) is 3.25. The molecule has 18 heavy (non-hydrogen) atoms. The second kappa shape index (κ2) is 5.16. The van der Waals surface area contributed by atoms with E-state index in [1.807, 2.05) is 18.2 Å². The lowest BCUT2D eigenvalue weighted by atomic mass is 10.1. The maximum Gasteiger partial charge on any atom is 0.119 e. The van der Waals surface area contributed by atoms with Gasteiger partial charge < -0.3 is 15.2 Å². The van der Waals surface area contributed by atoms with Crippen molar-refractivity contribution in [2.24, 2.45) is 0 Å². The highest BCUT2D eigenvalue weighted by Crippen LogP contribution is 2.23. The Labute approximate surface area is 109 Å². The molecule has 1 saturated heterocycles. The number of rotatable bonds is 3. The number of benzene rings is 1. The third kappa shape index (κ3) is 3.15. The van der Waals surface area contributed by atoms with Gasteiger partial charge in [0, 0.05) is 25.3 Å². The van der Waals surface area contributed by atoms with Crippen LogP contribution in [0.25, 0.3) is 0 Å². The summed E-state index contributed by atoms with van der Waals surface area (Å²) in [6, 6.07) is 5.81. The molecule has 0 radical (unpaired) electrons. The van der Waals surface area contributed by atoms with Crippen molar-refractivity contribution in [3.8, 4) is 5.75 Å². The topological polar surface area (TPSA) is 47.7 Å². The normalized spacial score (nSPS) is 19.7. The van der Waals surface area contributed by atoms with Crippen molar-refractivity contribution in [3.63, 3.8) is 0 Å². The van der Waals surface area contributed by atoms with Crippen LogP contribution in [0.5, 0.6) is 5.75 Å². The van der Waals surface area contributed by atoms with E-state index >= 15 is 0 Å². The molecule has 1 aromatic carbocycles. The van der Waals surface area contributed by atoms with Gasteiger partial charge in [-0.25, -0.2) is 0 Å². The first-order chi connectivity index (χ1) is 8.50. The van der Waals surface area contributed by atoms with Gasteiger partial charge in [0.1, 0.15) is 5.75 Å². The molecule has 0 spiro atoms. The van der Waals surface area contributed by atoms with Crippen molar-refractivity contribution in [2.45, 2.75) is 26.0 Å². The minimum Gasteiger partial charge on any atom is -0.497 e. The third-order valence-corrected chi connectivity index (χ3v) is 3.25. The average molecular weight is 250 g/mol. The molecule has 0 aliphatic carbocycles. The van der Waals surface area contributed by atoms with Gasteiger partial charge in [-0.1, -0.05) is 0 Å². The highest BCUT2D eigenvalue weighted by molar-refractivity contribution is 5.50. The Morgan fingerprint density at radius 3 is 2.89 bits per heavy atom. The molecule has 1 aromatic rings. The minimum absolute atomic E-state index is 0.0775. The predicted octanol–water partition coefficient (Wildman–Crippen LogP) is 1.89. The Morgan fingerprint density at radius 1 is 1.44 bits per heavy atom. The SMILES string of the molecule is COc1ccc(N)c(CN2CCOC(C)(C)C2)c1. The van der Waals surface area contributed by atoms with E-state index in [9.17, 15) is 0 Å². The van der Waals surface area contributed by atoms with Crippen molar-refractivity contribution in [1.82, 2.24) is 4.90 Å². The first kappa shape index (κ1) is 13.2. The van der Waals surface area contributed by atoms with E-state index in [-0.39, 0.29) is 5.60 Å². The summed E-state index contributed by atoms with van der Waals surface area (Å²) >= 11 is 0. The van der Waals surface area contributed by atoms with E-state index in [2.05, 4.69) is 18.7 Å². The summed E-state index contributed by atoms with van der Waals surface area (Å²) in [5, 5.41) is 0. The van der Waals surface area contributed by atoms with Crippen LogP contribution in [0.15, 0.2) is 18.2 Å². The largest absolute Gasteiger partial charge is 0.497 e. The second-order valence-electron chi connectivity index (χ2n) is 5.38. The Bertz CT molecular complexity index is 418. The molecule has 0 atom stereocenters. The van der Waals surface area contributed by atoms with Crippen LogP contribution in [-0.4, -0.2) is 37.3 Å². The number of nitrogen functional groups attached to an aromatic ring is 1. The monoisotopic (exact) mass is 250 g/mol. The number of anilines is 1. The van der Waals surface area contributed by atoms with E-state index in [4.69, 9.17) is 15.2 Å². The Balaban J connectivity index is 2.09. The minimum atomic E-state index is -0.0775. The van der Waals surface area contributed by atoms with Crippen LogP contribution < -0.4 is 10.5 Å². The first-order valence-electron chi connectivity index (χ1n) is 6.29. The van der Waals surface area contributed by atoms with Crippen molar-refractivity contribution < 1.29 is 9.47 Å². The van der Waals surface area contributed by atoms with E-state index in [0.717, 1.165) is 43.2 Å².